The number of rotatable bonds is 5. The van der Waals surface area contributed by atoms with Crippen molar-refractivity contribution in [1.82, 2.24) is 4.98 Å². The predicted octanol–water partition coefficient (Wildman–Crippen LogP) is 3.98. The van der Waals surface area contributed by atoms with Crippen LogP contribution in [-0.4, -0.2) is 26.9 Å². The summed E-state index contributed by atoms with van der Waals surface area (Å²) in [6.45, 7) is 3.69. The van der Waals surface area contributed by atoms with Crippen molar-refractivity contribution in [1.29, 1.82) is 0 Å². The number of nitrogens with zero attached hydrogens (tertiary/aromatic N) is 1. The highest BCUT2D eigenvalue weighted by Crippen LogP contribution is 2.48. The van der Waals surface area contributed by atoms with E-state index in [0.717, 1.165) is 12.1 Å². The van der Waals surface area contributed by atoms with Crippen LogP contribution in [0.4, 0.5) is 17.6 Å². The van der Waals surface area contributed by atoms with Gasteiger partial charge in [-0.25, -0.2) is 8.60 Å². The summed E-state index contributed by atoms with van der Waals surface area (Å²) in [6, 6.07) is 6.69. The first-order valence-electron chi connectivity index (χ1n) is 8.75. The second kappa shape index (κ2) is 7.56. The van der Waals surface area contributed by atoms with Gasteiger partial charge in [0.1, 0.15) is 5.75 Å². The van der Waals surface area contributed by atoms with E-state index in [4.69, 9.17) is 9.88 Å². The topological polar surface area (TPSA) is 74.4 Å². The molecule has 5 nitrogen and oxygen atoms in total. The van der Waals surface area contributed by atoms with Gasteiger partial charge in [-0.3, -0.25) is 10.1 Å². The minimum absolute atomic E-state index is 0.218. The van der Waals surface area contributed by atoms with Crippen molar-refractivity contribution in [3.8, 4) is 11.5 Å². The number of halogens is 4. The molecule has 2 atom stereocenters. The summed E-state index contributed by atoms with van der Waals surface area (Å²) < 4.78 is 72.6. The van der Waals surface area contributed by atoms with Crippen molar-refractivity contribution in [3.63, 3.8) is 0 Å². The molecule has 0 saturated carbocycles. The Labute approximate surface area is 167 Å². The zero-order valence-electron chi connectivity index (χ0n) is 15.8. The summed E-state index contributed by atoms with van der Waals surface area (Å²) >= 11 is 0. The molecule has 1 aliphatic heterocycles. The molecule has 0 radical (unpaired) electrons. The fourth-order valence-electron chi connectivity index (χ4n) is 3.68. The minimum Gasteiger partial charge on any atom is -0.492 e. The number of fused-ring (bicyclic) bond motifs is 1. The molecule has 2 aromatic rings. The molecule has 29 heavy (non-hydrogen) atoms. The third-order valence-corrected chi connectivity index (χ3v) is 6.23. The van der Waals surface area contributed by atoms with Gasteiger partial charge in [-0.1, -0.05) is 6.07 Å². The third kappa shape index (κ3) is 4.37. The van der Waals surface area contributed by atoms with Crippen LogP contribution in [0.2, 0.25) is 0 Å². The Balaban J connectivity index is 2.16. The van der Waals surface area contributed by atoms with Crippen molar-refractivity contribution in [2.24, 2.45) is 5.14 Å². The first-order valence-corrected chi connectivity index (χ1v) is 9.96. The van der Waals surface area contributed by atoms with Gasteiger partial charge in [0.2, 0.25) is 0 Å². The molecule has 1 aliphatic rings. The van der Waals surface area contributed by atoms with E-state index in [-0.39, 0.29) is 13.0 Å². The molecular weight excluding hydrogens is 412 g/mol. The number of nitrogens with two attached hydrogens (primary N) is 1. The fourth-order valence-corrected chi connectivity index (χ4v) is 4.07. The molecule has 0 spiro atoms. The molecule has 2 heterocycles. The zero-order valence-corrected chi connectivity index (χ0v) is 16.6. The lowest BCUT2D eigenvalue weighted by atomic mass is 9.68. The largest absolute Gasteiger partial charge is 0.573 e. The van der Waals surface area contributed by atoms with Crippen LogP contribution in [0.15, 0.2) is 36.5 Å². The lowest BCUT2D eigenvalue weighted by Crippen LogP contribution is -2.44. The second-order valence-electron chi connectivity index (χ2n) is 7.46. The molecule has 0 aliphatic carbocycles. The monoisotopic (exact) mass is 432 g/mol. The van der Waals surface area contributed by atoms with Crippen LogP contribution in [0.25, 0.3) is 0 Å². The smallest absolute Gasteiger partial charge is 0.492 e. The summed E-state index contributed by atoms with van der Waals surface area (Å²) in [4.78, 5) is 4.41. The van der Waals surface area contributed by atoms with Crippen LogP contribution < -0.4 is 14.6 Å². The predicted molar refractivity (Wildman–Crippen MR) is 99.2 cm³/mol. The maximum Gasteiger partial charge on any atom is 0.573 e. The fraction of sp³-hybridized carbons (Fsp3) is 0.421. The van der Waals surface area contributed by atoms with E-state index in [1.54, 1.807) is 32.2 Å². The number of benzene rings is 1. The number of aromatic nitrogens is 1. The van der Waals surface area contributed by atoms with Gasteiger partial charge in [0.25, 0.3) is 0 Å². The number of pyridine rings is 1. The highest BCUT2D eigenvalue weighted by atomic mass is 32.2. The van der Waals surface area contributed by atoms with Crippen LogP contribution in [-0.2, 0) is 16.4 Å². The SMILES string of the molecule is CC(C)(C[C@]1(c2ccc(OC(F)(F)F)c(F)c2)CCOc2cccnc21)S(N)=O. The highest BCUT2D eigenvalue weighted by Gasteiger charge is 2.46. The maximum absolute atomic E-state index is 14.5. The first-order chi connectivity index (χ1) is 13.4. The van der Waals surface area contributed by atoms with Gasteiger partial charge in [-0.05, 0) is 56.5 Å². The minimum atomic E-state index is -5.01. The molecule has 0 saturated heterocycles. The Morgan fingerprint density at radius 2 is 2.03 bits per heavy atom. The Hall–Kier alpha value is -2.20. The van der Waals surface area contributed by atoms with Crippen LogP contribution >= 0.6 is 0 Å². The van der Waals surface area contributed by atoms with Crippen molar-refractivity contribution in [3.05, 3.63) is 53.6 Å². The molecule has 2 N–H and O–H groups in total. The number of hydrogen-bond acceptors (Lipinski definition) is 4. The highest BCUT2D eigenvalue weighted by molar-refractivity contribution is 7.84. The van der Waals surface area contributed by atoms with E-state index >= 15 is 0 Å². The average Bonchev–Trinajstić information content (AvgIpc) is 2.62. The molecule has 0 amide bonds. The summed E-state index contributed by atoms with van der Waals surface area (Å²) in [7, 11) is -1.71. The van der Waals surface area contributed by atoms with E-state index in [1.807, 2.05) is 0 Å². The molecule has 0 bridgehead atoms. The van der Waals surface area contributed by atoms with Crippen molar-refractivity contribution >= 4 is 11.0 Å². The van der Waals surface area contributed by atoms with Gasteiger partial charge in [-0.15, -0.1) is 13.2 Å². The number of hydrogen-bond donors (Lipinski definition) is 1. The Kier molecular flexibility index (Phi) is 5.61. The number of alkyl halides is 3. The quantitative estimate of drug-likeness (QED) is 0.726. The molecule has 3 rings (SSSR count). The Bertz CT molecular complexity index is 936. The van der Waals surface area contributed by atoms with Crippen LogP contribution in [0.1, 0.15) is 37.9 Å². The van der Waals surface area contributed by atoms with Gasteiger partial charge >= 0.3 is 6.36 Å². The lowest BCUT2D eigenvalue weighted by Gasteiger charge is -2.42. The summed E-state index contributed by atoms with van der Waals surface area (Å²) in [5.41, 5.74) is -0.0784. The molecular formula is C19H20F4N2O3S. The molecule has 0 fully saturated rings. The van der Waals surface area contributed by atoms with Crippen molar-refractivity contribution in [2.45, 2.75) is 43.2 Å². The summed E-state index contributed by atoms with van der Waals surface area (Å²) in [6.07, 6.45) is -2.89. The number of ether oxygens (including phenoxy) is 2. The van der Waals surface area contributed by atoms with Crippen LogP contribution in [0.5, 0.6) is 11.5 Å². The van der Waals surface area contributed by atoms with Crippen LogP contribution in [0.3, 0.4) is 0 Å². The maximum atomic E-state index is 14.5. The molecule has 1 aromatic carbocycles. The van der Waals surface area contributed by atoms with E-state index in [1.165, 1.54) is 6.07 Å². The van der Waals surface area contributed by atoms with Gasteiger partial charge in [0.15, 0.2) is 11.6 Å². The van der Waals surface area contributed by atoms with E-state index in [9.17, 15) is 21.8 Å². The van der Waals surface area contributed by atoms with Gasteiger partial charge in [0, 0.05) is 11.6 Å². The molecule has 158 valence electrons. The van der Waals surface area contributed by atoms with Crippen LogP contribution in [0, 0.1) is 5.82 Å². The third-order valence-electron chi connectivity index (χ3n) is 4.99. The first kappa shape index (κ1) is 21.5. The summed E-state index contributed by atoms with van der Waals surface area (Å²) in [5.74, 6) is -1.60. The zero-order chi connectivity index (χ0) is 21.4. The van der Waals surface area contributed by atoms with Gasteiger partial charge < -0.3 is 9.47 Å². The van der Waals surface area contributed by atoms with E-state index in [0.29, 0.717) is 23.4 Å². The second-order valence-corrected chi connectivity index (χ2v) is 9.16. The van der Waals surface area contributed by atoms with Crippen molar-refractivity contribution < 1.29 is 31.2 Å². The van der Waals surface area contributed by atoms with Crippen molar-refractivity contribution in [2.75, 3.05) is 6.61 Å². The van der Waals surface area contributed by atoms with Gasteiger partial charge in [0.05, 0.1) is 28.0 Å². The molecule has 10 heteroatoms. The Morgan fingerprint density at radius 3 is 2.66 bits per heavy atom. The van der Waals surface area contributed by atoms with E-state index < -0.39 is 39.1 Å². The normalized spacial score (nSPS) is 20.5. The Morgan fingerprint density at radius 1 is 1.31 bits per heavy atom. The molecule has 1 unspecified atom stereocenters. The standard InChI is InChI=1S/C19H20F4N2O3S/c1-17(2,29(24)26)11-18(7-9-27-15-4-3-8-25-16(15)18)12-5-6-14(13(20)10-12)28-19(21,22)23/h3-6,8,10H,7,9,11,24H2,1-2H3/t18-,29?/m0/s1. The van der Waals surface area contributed by atoms with E-state index in [2.05, 4.69) is 9.72 Å². The average molecular weight is 432 g/mol. The lowest BCUT2D eigenvalue weighted by molar-refractivity contribution is -0.275. The summed E-state index contributed by atoms with van der Waals surface area (Å²) in [5, 5.41) is 5.67. The molecule has 1 aromatic heterocycles. The van der Waals surface area contributed by atoms with Gasteiger partial charge in [-0.2, -0.15) is 0 Å².